The zero-order valence-electron chi connectivity index (χ0n) is 16.5. The molecule has 1 aliphatic rings. The summed E-state index contributed by atoms with van der Waals surface area (Å²) in [4.78, 5) is 30.2. The topological polar surface area (TPSA) is 85.5 Å². The van der Waals surface area contributed by atoms with Gasteiger partial charge in [-0.2, -0.15) is 0 Å². The Balaban J connectivity index is 1.53. The second kappa shape index (κ2) is 8.87. The Labute approximate surface area is 165 Å². The molecule has 6 nitrogen and oxygen atoms in total. The summed E-state index contributed by atoms with van der Waals surface area (Å²) in [5, 5.41) is 0. The van der Waals surface area contributed by atoms with E-state index < -0.39 is 5.91 Å². The molecule has 0 aliphatic carbocycles. The molecule has 1 aromatic carbocycles. The van der Waals surface area contributed by atoms with E-state index in [1.165, 1.54) is 0 Å². The Hall–Kier alpha value is -2.89. The number of carbonyl (C=O) groups excluding carboxylic acids is 2. The van der Waals surface area contributed by atoms with Gasteiger partial charge in [0.2, 0.25) is 5.91 Å². The fourth-order valence-electron chi connectivity index (χ4n) is 3.62. The third-order valence-electron chi connectivity index (χ3n) is 5.13. The summed E-state index contributed by atoms with van der Waals surface area (Å²) in [6.45, 7) is 5.43. The van der Waals surface area contributed by atoms with Gasteiger partial charge in [0.25, 0.3) is 5.91 Å². The van der Waals surface area contributed by atoms with Gasteiger partial charge in [-0.05, 0) is 61.9 Å². The van der Waals surface area contributed by atoms with Crippen molar-refractivity contribution in [3.8, 4) is 5.75 Å². The van der Waals surface area contributed by atoms with Crippen molar-refractivity contribution < 1.29 is 14.3 Å². The summed E-state index contributed by atoms with van der Waals surface area (Å²) in [6, 6.07) is 11.2. The zero-order valence-corrected chi connectivity index (χ0v) is 16.5. The molecular formula is C22H27N3O3. The molecule has 0 unspecified atom stereocenters. The van der Waals surface area contributed by atoms with E-state index in [0.29, 0.717) is 23.8 Å². The molecule has 2 heterocycles. The highest BCUT2D eigenvalue weighted by Crippen LogP contribution is 2.22. The van der Waals surface area contributed by atoms with Crippen LogP contribution < -0.4 is 10.5 Å². The van der Waals surface area contributed by atoms with E-state index in [2.05, 4.69) is 4.98 Å². The molecule has 1 aliphatic heterocycles. The van der Waals surface area contributed by atoms with Crippen molar-refractivity contribution >= 4 is 11.8 Å². The lowest BCUT2D eigenvalue weighted by Gasteiger charge is -2.18. The molecule has 0 spiro atoms. The number of rotatable bonds is 7. The fraction of sp³-hybridized carbons (Fsp3) is 0.409. The SMILES string of the molecule is CCc1nc(C)ccc1OCC(=O)N1CC[C@H](Cc2cccc(C(N)=O)c2)C1. The molecule has 6 heteroatoms. The monoisotopic (exact) mass is 381 g/mol. The molecule has 1 atom stereocenters. The number of aryl methyl sites for hydroxylation is 2. The first-order chi connectivity index (χ1) is 13.5. The minimum atomic E-state index is -0.417. The quantitative estimate of drug-likeness (QED) is 0.799. The van der Waals surface area contributed by atoms with Gasteiger partial charge in [0, 0.05) is 24.3 Å². The number of ether oxygens (including phenoxy) is 1. The van der Waals surface area contributed by atoms with E-state index in [-0.39, 0.29) is 12.5 Å². The van der Waals surface area contributed by atoms with Crippen LogP contribution in [0.3, 0.4) is 0 Å². The van der Waals surface area contributed by atoms with Crippen LogP contribution in [0, 0.1) is 12.8 Å². The number of aromatic nitrogens is 1. The van der Waals surface area contributed by atoms with Crippen LogP contribution in [0.15, 0.2) is 36.4 Å². The predicted molar refractivity (Wildman–Crippen MR) is 107 cm³/mol. The Morgan fingerprint density at radius 3 is 2.86 bits per heavy atom. The highest BCUT2D eigenvalue weighted by Gasteiger charge is 2.26. The first-order valence-electron chi connectivity index (χ1n) is 9.72. The van der Waals surface area contributed by atoms with E-state index >= 15 is 0 Å². The number of pyridine rings is 1. The molecule has 3 rings (SSSR count). The third-order valence-corrected chi connectivity index (χ3v) is 5.13. The molecule has 148 valence electrons. The number of amides is 2. The smallest absolute Gasteiger partial charge is 0.260 e. The number of benzene rings is 1. The third kappa shape index (κ3) is 4.88. The van der Waals surface area contributed by atoms with Crippen molar-refractivity contribution in [2.75, 3.05) is 19.7 Å². The molecule has 0 radical (unpaired) electrons. The number of hydrogen-bond donors (Lipinski definition) is 1. The average Bonchev–Trinajstić information content (AvgIpc) is 3.15. The predicted octanol–water partition coefficient (Wildman–Crippen LogP) is 2.52. The summed E-state index contributed by atoms with van der Waals surface area (Å²) < 4.78 is 5.75. The van der Waals surface area contributed by atoms with Gasteiger partial charge < -0.3 is 15.4 Å². The van der Waals surface area contributed by atoms with E-state index in [1.54, 1.807) is 6.07 Å². The highest BCUT2D eigenvalue weighted by molar-refractivity contribution is 5.92. The Kier molecular flexibility index (Phi) is 6.29. The molecular weight excluding hydrogens is 354 g/mol. The lowest BCUT2D eigenvalue weighted by molar-refractivity contribution is -0.132. The minimum Gasteiger partial charge on any atom is -0.482 e. The number of primary amides is 1. The van der Waals surface area contributed by atoms with Crippen molar-refractivity contribution in [1.82, 2.24) is 9.88 Å². The van der Waals surface area contributed by atoms with E-state index in [9.17, 15) is 9.59 Å². The van der Waals surface area contributed by atoms with Crippen LogP contribution in [0.1, 0.15) is 40.7 Å². The van der Waals surface area contributed by atoms with Gasteiger partial charge in [-0.3, -0.25) is 14.6 Å². The molecule has 1 aromatic heterocycles. The number of nitrogens with two attached hydrogens (primary N) is 1. The van der Waals surface area contributed by atoms with Gasteiger partial charge in [0.05, 0.1) is 5.69 Å². The molecule has 1 saturated heterocycles. The van der Waals surface area contributed by atoms with Gasteiger partial charge in [-0.25, -0.2) is 0 Å². The van der Waals surface area contributed by atoms with Gasteiger partial charge in [-0.1, -0.05) is 19.1 Å². The summed E-state index contributed by atoms with van der Waals surface area (Å²) in [5.74, 6) is 0.634. The molecule has 28 heavy (non-hydrogen) atoms. The summed E-state index contributed by atoms with van der Waals surface area (Å²) in [5.41, 5.74) is 8.77. The number of likely N-dealkylation sites (tertiary alicyclic amines) is 1. The van der Waals surface area contributed by atoms with Crippen molar-refractivity contribution in [3.63, 3.8) is 0 Å². The maximum Gasteiger partial charge on any atom is 0.260 e. The van der Waals surface area contributed by atoms with Crippen LogP contribution in [0.2, 0.25) is 0 Å². The van der Waals surface area contributed by atoms with Crippen LogP contribution in [0.25, 0.3) is 0 Å². The lowest BCUT2D eigenvalue weighted by Crippen LogP contribution is -2.33. The fourth-order valence-corrected chi connectivity index (χ4v) is 3.62. The van der Waals surface area contributed by atoms with Gasteiger partial charge >= 0.3 is 0 Å². The van der Waals surface area contributed by atoms with Crippen molar-refractivity contribution in [2.45, 2.75) is 33.1 Å². The summed E-state index contributed by atoms with van der Waals surface area (Å²) in [6.07, 6.45) is 2.54. The maximum absolute atomic E-state index is 12.5. The van der Waals surface area contributed by atoms with Crippen LogP contribution in [-0.2, 0) is 17.6 Å². The standard InChI is InChI=1S/C22H27N3O3/c1-3-19-20(8-7-15(2)24-19)28-14-21(26)25-10-9-17(13-25)11-16-5-4-6-18(12-16)22(23)27/h4-8,12,17H,3,9-11,13-14H2,1-2H3,(H2,23,27)/t17-/m1/s1. The molecule has 0 saturated carbocycles. The Morgan fingerprint density at radius 2 is 2.11 bits per heavy atom. The van der Waals surface area contributed by atoms with Crippen molar-refractivity contribution in [3.05, 3.63) is 58.9 Å². The van der Waals surface area contributed by atoms with Crippen LogP contribution in [0.4, 0.5) is 0 Å². The van der Waals surface area contributed by atoms with Crippen LogP contribution >= 0.6 is 0 Å². The van der Waals surface area contributed by atoms with E-state index in [4.69, 9.17) is 10.5 Å². The highest BCUT2D eigenvalue weighted by atomic mass is 16.5. The molecule has 2 amide bonds. The van der Waals surface area contributed by atoms with Gasteiger partial charge in [-0.15, -0.1) is 0 Å². The van der Waals surface area contributed by atoms with Crippen LogP contribution in [0.5, 0.6) is 5.75 Å². The normalized spacial score (nSPS) is 16.2. The average molecular weight is 381 g/mol. The Bertz CT molecular complexity index is 866. The zero-order chi connectivity index (χ0) is 20.1. The molecule has 2 aromatic rings. The lowest BCUT2D eigenvalue weighted by atomic mass is 9.97. The minimum absolute atomic E-state index is 0.00369. The van der Waals surface area contributed by atoms with Crippen molar-refractivity contribution in [2.24, 2.45) is 11.7 Å². The second-order valence-electron chi connectivity index (χ2n) is 7.30. The molecule has 1 fully saturated rings. The Morgan fingerprint density at radius 1 is 1.29 bits per heavy atom. The number of nitrogens with zero attached hydrogens (tertiary/aromatic N) is 2. The second-order valence-corrected chi connectivity index (χ2v) is 7.30. The molecule has 2 N–H and O–H groups in total. The van der Waals surface area contributed by atoms with E-state index in [0.717, 1.165) is 42.8 Å². The van der Waals surface area contributed by atoms with Gasteiger partial charge in [0.15, 0.2) is 6.61 Å². The first-order valence-corrected chi connectivity index (χ1v) is 9.72. The summed E-state index contributed by atoms with van der Waals surface area (Å²) >= 11 is 0. The largest absolute Gasteiger partial charge is 0.482 e. The number of hydrogen-bond acceptors (Lipinski definition) is 4. The summed E-state index contributed by atoms with van der Waals surface area (Å²) in [7, 11) is 0. The van der Waals surface area contributed by atoms with Crippen LogP contribution in [-0.4, -0.2) is 41.4 Å². The maximum atomic E-state index is 12.5. The van der Waals surface area contributed by atoms with E-state index in [1.807, 2.05) is 49.1 Å². The van der Waals surface area contributed by atoms with Crippen molar-refractivity contribution in [1.29, 1.82) is 0 Å². The van der Waals surface area contributed by atoms with Gasteiger partial charge in [0.1, 0.15) is 5.75 Å². The molecule has 0 bridgehead atoms. The first kappa shape index (κ1) is 19.9. The number of carbonyl (C=O) groups is 2.